The molecule has 2 aromatic rings. The summed E-state index contributed by atoms with van der Waals surface area (Å²) in [6.07, 6.45) is 6.31. The van der Waals surface area contributed by atoms with Crippen molar-refractivity contribution in [3.8, 4) is 5.75 Å². The van der Waals surface area contributed by atoms with Crippen molar-refractivity contribution in [3.63, 3.8) is 0 Å². The van der Waals surface area contributed by atoms with E-state index in [-0.39, 0.29) is 12.0 Å². The van der Waals surface area contributed by atoms with E-state index in [4.69, 9.17) is 26.2 Å². The summed E-state index contributed by atoms with van der Waals surface area (Å²) < 4.78 is 12.5. The number of carbonyl (C=O) groups is 1. The molecule has 0 amide bonds. The molecular weight excluding hydrogens is 512 g/mol. The summed E-state index contributed by atoms with van der Waals surface area (Å²) >= 11 is 9.57. The van der Waals surface area contributed by atoms with Crippen LogP contribution in [0.5, 0.6) is 5.75 Å². The summed E-state index contributed by atoms with van der Waals surface area (Å²) in [7, 11) is 0. The summed E-state index contributed by atoms with van der Waals surface area (Å²) in [5.74, 6) is 0.475. The van der Waals surface area contributed by atoms with Gasteiger partial charge in [-0.05, 0) is 59.0 Å². The fourth-order valence-electron chi connectivity index (χ4n) is 4.69. The highest BCUT2D eigenvalue weighted by molar-refractivity contribution is 9.10. The van der Waals surface area contributed by atoms with E-state index in [2.05, 4.69) is 35.7 Å². The van der Waals surface area contributed by atoms with Gasteiger partial charge in [-0.1, -0.05) is 11.6 Å². The van der Waals surface area contributed by atoms with Gasteiger partial charge in [-0.2, -0.15) is 0 Å². The number of rotatable bonds is 8. The number of carboxylic acids is 1. The average Bonchev–Trinajstić information content (AvgIpc) is 2.80. The molecule has 0 unspecified atom stereocenters. The van der Waals surface area contributed by atoms with Crippen LogP contribution in [0.1, 0.15) is 24.8 Å². The third kappa shape index (κ3) is 6.35. The van der Waals surface area contributed by atoms with Crippen LogP contribution in [0, 0.1) is 0 Å². The number of carboxylic acid groups (broad SMARTS) is 1. The SMILES string of the molecule is O=C(O)Cc1cc(Cl)cc(OCCC2(N3CCOCC3)CCN(c3ncc(Br)cn3)CC2)c1. The maximum absolute atomic E-state index is 11.1. The Morgan fingerprint density at radius 2 is 1.85 bits per heavy atom. The summed E-state index contributed by atoms with van der Waals surface area (Å²) in [5, 5.41) is 9.56. The minimum Gasteiger partial charge on any atom is -0.493 e. The number of aromatic nitrogens is 2. The highest BCUT2D eigenvalue weighted by atomic mass is 79.9. The second kappa shape index (κ2) is 11.0. The molecule has 2 fully saturated rings. The molecule has 0 radical (unpaired) electrons. The number of hydrogen-bond acceptors (Lipinski definition) is 7. The van der Waals surface area contributed by atoms with Crippen molar-refractivity contribution in [2.75, 3.05) is 50.9 Å². The van der Waals surface area contributed by atoms with Gasteiger partial charge in [0, 0.05) is 49.1 Å². The minimum atomic E-state index is -0.893. The summed E-state index contributed by atoms with van der Waals surface area (Å²) in [5.41, 5.74) is 0.647. The zero-order chi connectivity index (χ0) is 23.3. The molecule has 0 spiro atoms. The van der Waals surface area contributed by atoms with Crippen LogP contribution in [-0.2, 0) is 16.0 Å². The van der Waals surface area contributed by atoms with Crippen molar-refractivity contribution in [1.29, 1.82) is 0 Å². The van der Waals surface area contributed by atoms with E-state index >= 15 is 0 Å². The predicted octanol–water partition coefficient (Wildman–Crippen LogP) is 3.66. The molecule has 33 heavy (non-hydrogen) atoms. The highest BCUT2D eigenvalue weighted by Crippen LogP contribution is 2.34. The number of aliphatic carboxylic acids is 1. The summed E-state index contributed by atoms with van der Waals surface area (Å²) in [4.78, 5) is 24.8. The molecule has 8 nitrogen and oxygen atoms in total. The Morgan fingerprint density at radius 1 is 1.15 bits per heavy atom. The van der Waals surface area contributed by atoms with Crippen LogP contribution < -0.4 is 9.64 Å². The Labute approximate surface area is 207 Å². The van der Waals surface area contributed by atoms with Gasteiger partial charge in [0.2, 0.25) is 5.95 Å². The van der Waals surface area contributed by atoms with Gasteiger partial charge in [0.25, 0.3) is 0 Å². The van der Waals surface area contributed by atoms with E-state index in [1.165, 1.54) is 0 Å². The monoisotopic (exact) mass is 538 g/mol. The fraction of sp³-hybridized carbons (Fsp3) is 0.522. The van der Waals surface area contributed by atoms with E-state index in [1.807, 2.05) is 0 Å². The third-order valence-corrected chi connectivity index (χ3v) is 7.02. The second-order valence-corrected chi connectivity index (χ2v) is 9.83. The lowest BCUT2D eigenvalue weighted by Gasteiger charge is -2.50. The number of piperidine rings is 1. The Balaban J connectivity index is 1.42. The van der Waals surface area contributed by atoms with Crippen LogP contribution in [0.4, 0.5) is 5.95 Å². The lowest BCUT2D eigenvalue weighted by molar-refractivity contribution is -0.136. The van der Waals surface area contributed by atoms with Crippen LogP contribution in [0.15, 0.2) is 35.1 Å². The van der Waals surface area contributed by atoms with Crippen molar-refractivity contribution in [1.82, 2.24) is 14.9 Å². The van der Waals surface area contributed by atoms with Crippen molar-refractivity contribution in [2.24, 2.45) is 0 Å². The van der Waals surface area contributed by atoms with Gasteiger partial charge in [0.05, 0.1) is 30.7 Å². The molecule has 4 rings (SSSR count). The standard InChI is InChI=1S/C23H28BrClN4O4/c24-18-15-26-22(27-16-18)28-4-1-23(2-5-28,29-6-9-32-10-7-29)3-8-33-20-12-17(13-21(30)31)11-19(25)14-20/h11-12,14-16H,1-10,13H2,(H,30,31). The molecule has 178 valence electrons. The lowest BCUT2D eigenvalue weighted by atomic mass is 9.82. The molecule has 0 saturated carbocycles. The topological polar surface area (TPSA) is 88.0 Å². The highest BCUT2D eigenvalue weighted by Gasteiger charge is 2.40. The zero-order valence-corrected chi connectivity index (χ0v) is 20.7. The van der Waals surface area contributed by atoms with E-state index < -0.39 is 5.97 Å². The van der Waals surface area contributed by atoms with Crippen LogP contribution in [0.25, 0.3) is 0 Å². The second-order valence-electron chi connectivity index (χ2n) is 8.48. The van der Waals surface area contributed by atoms with Gasteiger partial charge in [0.15, 0.2) is 0 Å². The van der Waals surface area contributed by atoms with Crippen LogP contribution in [-0.4, -0.2) is 77.5 Å². The molecule has 1 aromatic heterocycles. The molecule has 0 aliphatic carbocycles. The van der Waals surface area contributed by atoms with Crippen molar-refractivity contribution in [2.45, 2.75) is 31.2 Å². The molecule has 1 aromatic carbocycles. The molecule has 1 N–H and O–H groups in total. The van der Waals surface area contributed by atoms with E-state index in [0.29, 0.717) is 22.9 Å². The van der Waals surface area contributed by atoms with Crippen LogP contribution in [0.3, 0.4) is 0 Å². The first kappa shape index (κ1) is 24.2. The molecule has 3 heterocycles. The molecule has 10 heteroatoms. The molecule has 0 atom stereocenters. The Hall–Kier alpha value is -1.94. The molecule has 2 saturated heterocycles. The Kier molecular flexibility index (Phi) is 8.06. The van der Waals surface area contributed by atoms with Gasteiger partial charge in [-0.3, -0.25) is 9.69 Å². The number of nitrogens with zero attached hydrogens (tertiary/aromatic N) is 4. The van der Waals surface area contributed by atoms with Gasteiger partial charge >= 0.3 is 5.97 Å². The maximum Gasteiger partial charge on any atom is 0.307 e. The van der Waals surface area contributed by atoms with Gasteiger partial charge < -0.3 is 19.5 Å². The quantitative estimate of drug-likeness (QED) is 0.544. The zero-order valence-electron chi connectivity index (χ0n) is 18.4. The number of benzene rings is 1. The van der Waals surface area contributed by atoms with Crippen LogP contribution in [0.2, 0.25) is 5.02 Å². The number of morpholine rings is 1. The molecule has 2 aliphatic rings. The Morgan fingerprint density at radius 3 is 2.52 bits per heavy atom. The number of halogens is 2. The largest absolute Gasteiger partial charge is 0.493 e. The van der Waals surface area contributed by atoms with Crippen LogP contribution >= 0.6 is 27.5 Å². The van der Waals surface area contributed by atoms with Crippen molar-refractivity contribution < 1.29 is 19.4 Å². The Bertz CT molecular complexity index is 948. The first-order valence-corrected chi connectivity index (χ1v) is 12.3. The van der Waals surface area contributed by atoms with Gasteiger partial charge in [-0.15, -0.1) is 0 Å². The van der Waals surface area contributed by atoms with Crippen molar-refractivity contribution in [3.05, 3.63) is 45.7 Å². The number of anilines is 1. The summed E-state index contributed by atoms with van der Waals surface area (Å²) in [6, 6.07) is 5.16. The van der Waals surface area contributed by atoms with E-state index in [0.717, 1.165) is 69.1 Å². The average molecular weight is 540 g/mol. The molecule has 2 aliphatic heterocycles. The number of hydrogen-bond donors (Lipinski definition) is 1. The third-order valence-electron chi connectivity index (χ3n) is 6.39. The maximum atomic E-state index is 11.1. The van der Waals surface area contributed by atoms with Gasteiger partial charge in [-0.25, -0.2) is 9.97 Å². The predicted molar refractivity (Wildman–Crippen MR) is 129 cm³/mol. The molecule has 0 bridgehead atoms. The van der Waals surface area contributed by atoms with Gasteiger partial charge in [0.1, 0.15) is 5.75 Å². The van der Waals surface area contributed by atoms with E-state index in [9.17, 15) is 4.79 Å². The normalized spacial score (nSPS) is 18.8. The first-order valence-electron chi connectivity index (χ1n) is 11.1. The van der Waals surface area contributed by atoms with Crippen molar-refractivity contribution >= 4 is 39.4 Å². The lowest BCUT2D eigenvalue weighted by Crippen LogP contribution is -2.59. The smallest absolute Gasteiger partial charge is 0.307 e. The first-order chi connectivity index (χ1) is 15.9. The minimum absolute atomic E-state index is 0.0120. The van der Waals surface area contributed by atoms with E-state index in [1.54, 1.807) is 30.6 Å². The summed E-state index contributed by atoms with van der Waals surface area (Å²) in [6.45, 7) is 5.59. The molecular formula is C23H28BrClN4O4. The number of ether oxygens (including phenoxy) is 2. The fourth-order valence-corrected chi connectivity index (χ4v) is 5.15.